The highest BCUT2D eigenvalue weighted by molar-refractivity contribution is 5.47. The van der Waals surface area contributed by atoms with Crippen molar-refractivity contribution in [3.05, 3.63) is 65.5 Å². The van der Waals surface area contributed by atoms with E-state index < -0.39 is 0 Å². The van der Waals surface area contributed by atoms with Crippen molar-refractivity contribution >= 4 is 5.69 Å². The zero-order chi connectivity index (χ0) is 14.7. The first kappa shape index (κ1) is 14.1. The largest absolute Gasteiger partial charge is 0.370 e. The van der Waals surface area contributed by atoms with E-state index >= 15 is 0 Å². The molecule has 110 valence electrons. The predicted octanol–water partition coefficient (Wildman–Crippen LogP) is 3.54. The molecule has 0 spiro atoms. The number of benzene rings is 2. The molecule has 0 saturated carbocycles. The molecule has 3 rings (SSSR count). The summed E-state index contributed by atoms with van der Waals surface area (Å²) < 4.78 is 13.1. The lowest BCUT2D eigenvalue weighted by Gasteiger charge is -2.33. The van der Waals surface area contributed by atoms with Gasteiger partial charge in [0, 0.05) is 18.8 Å². The molecule has 0 saturated heterocycles. The average molecular weight is 284 g/mol. The second-order valence-electron chi connectivity index (χ2n) is 5.47. The fourth-order valence-electron chi connectivity index (χ4n) is 3.05. The minimum atomic E-state index is -0.184. The maximum atomic E-state index is 13.1. The van der Waals surface area contributed by atoms with E-state index in [2.05, 4.69) is 41.4 Å². The van der Waals surface area contributed by atoms with Crippen LogP contribution in [0.4, 0.5) is 10.1 Å². The van der Waals surface area contributed by atoms with Gasteiger partial charge >= 0.3 is 0 Å². The molecule has 0 aliphatic carbocycles. The molecule has 1 N–H and O–H groups in total. The summed E-state index contributed by atoms with van der Waals surface area (Å²) in [4.78, 5) is 2.29. The Morgan fingerprint density at radius 3 is 2.67 bits per heavy atom. The number of halogens is 1. The lowest BCUT2D eigenvalue weighted by atomic mass is 9.94. The van der Waals surface area contributed by atoms with Gasteiger partial charge in [0.05, 0.1) is 6.04 Å². The van der Waals surface area contributed by atoms with Gasteiger partial charge in [-0.05, 0) is 55.3 Å². The van der Waals surface area contributed by atoms with Gasteiger partial charge < -0.3 is 10.2 Å². The Morgan fingerprint density at radius 1 is 1.14 bits per heavy atom. The first-order valence-corrected chi connectivity index (χ1v) is 7.59. The lowest BCUT2D eigenvalue weighted by molar-refractivity contribution is 0.498. The standard InChI is InChI=1S/C18H21FN2/c1-2-21(16-9-7-15(19)8-10-16)13-18-17-6-4-3-5-14(17)11-12-20-18/h3-10,18,20H,2,11-13H2,1H3. The third-order valence-corrected chi connectivity index (χ3v) is 4.19. The highest BCUT2D eigenvalue weighted by Crippen LogP contribution is 2.25. The number of rotatable bonds is 4. The number of hydrogen-bond acceptors (Lipinski definition) is 2. The quantitative estimate of drug-likeness (QED) is 0.924. The summed E-state index contributed by atoms with van der Waals surface area (Å²) in [5, 5.41) is 3.61. The van der Waals surface area contributed by atoms with Crippen LogP contribution >= 0.6 is 0 Å². The van der Waals surface area contributed by atoms with Gasteiger partial charge in [-0.25, -0.2) is 4.39 Å². The number of nitrogens with one attached hydrogen (secondary N) is 1. The van der Waals surface area contributed by atoms with Crippen LogP contribution in [0.2, 0.25) is 0 Å². The molecule has 2 aromatic rings. The molecule has 0 amide bonds. The predicted molar refractivity (Wildman–Crippen MR) is 85.2 cm³/mol. The summed E-state index contributed by atoms with van der Waals surface area (Å²) in [6.07, 6.45) is 1.09. The minimum absolute atomic E-state index is 0.184. The number of nitrogens with zero attached hydrogens (tertiary/aromatic N) is 1. The van der Waals surface area contributed by atoms with Crippen molar-refractivity contribution in [3.63, 3.8) is 0 Å². The van der Waals surface area contributed by atoms with E-state index in [1.807, 2.05) is 12.1 Å². The van der Waals surface area contributed by atoms with Crippen molar-refractivity contribution in [2.24, 2.45) is 0 Å². The van der Waals surface area contributed by atoms with Crippen LogP contribution in [0.25, 0.3) is 0 Å². The summed E-state index contributed by atoms with van der Waals surface area (Å²) in [5.41, 5.74) is 3.91. The van der Waals surface area contributed by atoms with E-state index in [1.165, 1.54) is 23.3 Å². The molecule has 0 aromatic heterocycles. The van der Waals surface area contributed by atoms with Gasteiger partial charge in [-0.1, -0.05) is 24.3 Å². The van der Waals surface area contributed by atoms with Gasteiger partial charge in [0.25, 0.3) is 0 Å². The van der Waals surface area contributed by atoms with Crippen LogP contribution in [0.1, 0.15) is 24.1 Å². The summed E-state index contributed by atoms with van der Waals surface area (Å²) in [6.45, 7) is 4.96. The van der Waals surface area contributed by atoms with Crippen molar-refractivity contribution in [2.75, 3.05) is 24.5 Å². The average Bonchev–Trinajstić information content (AvgIpc) is 2.54. The van der Waals surface area contributed by atoms with Crippen molar-refractivity contribution in [3.8, 4) is 0 Å². The SMILES string of the molecule is CCN(CC1NCCc2ccccc21)c1ccc(F)cc1. The second kappa shape index (κ2) is 6.27. The fraction of sp³-hybridized carbons (Fsp3) is 0.333. The Balaban J connectivity index is 1.80. The van der Waals surface area contributed by atoms with Crippen LogP contribution in [0.3, 0.4) is 0 Å². The normalized spacial score (nSPS) is 17.3. The van der Waals surface area contributed by atoms with Gasteiger partial charge in [0.1, 0.15) is 5.82 Å². The summed E-state index contributed by atoms with van der Waals surface area (Å²) in [6, 6.07) is 15.7. The van der Waals surface area contributed by atoms with E-state index in [-0.39, 0.29) is 5.82 Å². The molecule has 0 fully saturated rings. The second-order valence-corrected chi connectivity index (χ2v) is 5.47. The topological polar surface area (TPSA) is 15.3 Å². The third kappa shape index (κ3) is 3.08. The number of anilines is 1. The monoisotopic (exact) mass is 284 g/mol. The molecule has 2 nitrogen and oxygen atoms in total. The summed E-state index contributed by atoms with van der Waals surface area (Å²) in [7, 11) is 0. The summed E-state index contributed by atoms with van der Waals surface area (Å²) in [5.74, 6) is -0.184. The molecule has 1 heterocycles. The maximum Gasteiger partial charge on any atom is 0.123 e. The van der Waals surface area contributed by atoms with Gasteiger partial charge in [0.2, 0.25) is 0 Å². The van der Waals surface area contributed by atoms with E-state index in [4.69, 9.17) is 0 Å². The van der Waals surface area contributed by atoms with Gasteiger partial charge in [0.15, 0.2) is 0 Å². The number of hydrogen-bond donors (Lipinski definition) is 1. The fourth-order valence-corrected chi connectivity index (χ4v) is 3.05. The van der Waals surface area contributed by atoms with Crippen LogP contribution in [0.5, 0.6) is 0 Å². The molecule has 0 radical (unpaired) electrons. The number of likely N-dealkylation sites (N-methyl/N-ethyl adjacent to an activating group) is 1. The van der Waals surface area contributed by atoms with Crippen LogP contribution in [-0.4, -0.2) is 19.6 Å². The summed E-state index contributed by atoms with van der Waals surface area (Å²) >= 11 is 0. The van der Waals surface area contributed by atoms with E-state index in [1.54, 1.807) is 0 Å². The Morgan fingerprint density at radius 2 is 1.90 bits per heavy atom. The van der Waals surface area contributed by atoms with Gasteiger partial charge in [-0.2, -0.15) is 0 Å². The molecule has 1 atom stereocenters. The third-order valence-electron chi connectivity index (χ3n) is 4.19. The van der Waals surface area contributed by atoms with Crippen molar-refractivity contribution in [2.45, 2.75) is 19.4 Å². The van der Waals surface area contributed by atoms with Crippen LogP contribution < -0.4 is 10.2 Å². The van der Waals surface area contributed by atoms with Crippen molar-refractivity contribution in [1.82, 2.24) is 5.32 Å². The maximum absolute atomic E-state index is 13.1. The van der Waals surface area contributed by atoms with Crippen LogP contribution in [0, 0.1) is 5.82 Å². The first-order valence-electron chi connectivity index (χ1n) is 7.59. The van der Waals surface area contributed by atoms with Crippen LogP contribution in [0.15, 0.2) is 48.5 Å². The highest BCUT2D eigenvalue weighted by atomic mass is 19.1. The van der Waals surface area contributed by atoms with E-state index in [0.29, 0.717) is 6.04 Å². The number of fused-ring (bicyclic) bond motifs is 1. The molecular formula is C18H21FN2. The van der Waals surface area contributed by atoms with Crippen molar-refractivity contribution in [1.29, 1.82) is 0 Å². The first-order chi connectivity index (χ1) is 10.3. The smallest absolute Gasteiger partial charge is 0.123 e. The van der Waals surface area contributed by atoms with Crippen LogP contribution in [-0.2, 0) is 6.42 Å². The van der Waals surface area contributed by atoms with Gasteiger partial charge in [-0.3, -0.25) is 0 Å². The Labute approximate surface area is 125 Å². The van der Waals surface area contributed by atoms with E-state index in [0.717, 1.165) is 31.7 Å². The Kier molecular flexibility index (Phi) is 4.20. The zero-order valence-corrected chi connectivity index (χ0v) is 12.3. The molecule has 21 heavy (non-hydrogen) atoms. The Hall–Kier alpha value is -1.87. The molecule has 1 aliphatic heterocycles. The molecule has 3 heteroatoms. The van der Waals surface area contributed by atoms with Crippen molar-refractivity contribution < 1.29 is 4.39 Å². The minimum Gasteiger partial charge on any atom is -0.370 e. The molecule has 1 unspecified atom stereocenters. The Bertz CT molecular complexity index is 594. The molecule has 1 aliphatic rings. The molecule has 2 aromatic carbocycles. The highest BCUT2D eigenvalue weighted by Gasteiger charge is 2.21. The molecule has 0 bridgehead atoms. The lowest BCUT2D eigenvalue weighted by Crippen LogP contribution is -2.39. The van der Waals surface area contributed by atoms with Gasteiger partial charge in [-0.15, -0.1) is 0 Å². The van der Waals surface area contributed by atoms with E-state index in [9.17, 15) is 4.39 Å². The molecular weight excluding hydrogens is 263 g/mol. The zero-order valence-electron chi connectivity index (χ0n) is 12.3.